The molecule has 0 saturated carbocycles. The first-order valence-electron chi connectivity index (χ1n) is 19.1. The maximum atomic E-state index is 5.12. The molecule has 0 spiro atoms. The highest BCUT2D eigenvalue weighted by Crippen LogP contribution is 2.46. The summed E-state index contributed by atoms with van der Waals surface area (Å²) < 4.78 is 2.27. The zero-order valence-corrected chi connectivity index (χ0v) is 30.2. The summed E-state index contributed by atoms with van der Waals surface area (Å²) in [6.45, 7) is 0. The van der Waals surface area contributed by atoms with E-state index in [4.69, 9.17) is 4.98 Å². The van der Waals surface area contributed by atoms with Crippen molar-refractivity contribution in [3.05, 3.63) is 211 Å². The fourth-order valence-electron chi connectivity index (χ4n) is 8.88. The zero-order valence-electron chi connectivity index (χ0n) is 30.2. The molecule has 0 saturated heterocycles. The van der Waals surface area contributed by atoms with Crippen LogP contribution in [0.5, 0.6) is 0 Å². The number of allylic oxidation sites excluding steroid dienone is 8. The maximum Gasteiger partial charge on any atom is 0.145 e. The molecule has 1 atom stereocenters. The molecule has 2 nitrogen and oxygen atoms in total. The van der Waals surface area contributed by atoms with Gasteiger partial charge in [0.1, 0.15) is 5.82 Å². The van der Waals surface area contributed by atoms with Crippen molar-refractivity contribution >= 4 is 48.9 Å². The molecule has 0 bridgehead atoms. The Labute approximate surface area is 320 Å². The van der Waals surface area contributed by atoms with Gasteiger partial charge in [-0.25, -0.2) is 4.98 Å². The summed E-state index contributed by atoms with van der Waals surface area (Å²) in [6.07, 6.45) is 14.6. The van der Waals surface area contributed by atoms with E-state index >= 15 is 0 Å². The van der Waals surface area contributed by atoms with Gasteiger partial charge < -0.3 is 0 Å². The van der Waals surface area contributed by atoms with E-state index in [1.807, 2.05) is 0 Å². The zero-order chi connectivity index (χ0) is 36.3. The summed E-state index contributed by atoms with van der Waals surface area (Å²) in [7, 11) is 0. The van der Waals surface area contributed by atoms with Crippen molar-refractivity contribution in [2.24, 2.45) is 5.92 Å². The lowest BCUT2D eigenvalue weighted by Gasteiger charge is -2.26. The first kappa shape index (κ1) is 31.5. The number of aromatic nitrogens is 2. The Morgan fingerprint density at radius 2 is 1.18 bits per heavy atom. The van der Waals surface area contributed by atoms with E-state index in [2.05, 4.69) is 205 Å². The van der Waals surface area contributed by atoms with Gasteiger partial charge in [0.25, 0.3) is 0 Å². The van der Waals surface area contributed by atoms with Crippen LogP contribution in [0, 0.1) is 5.92 Å². The molecule has 9 aromatic rings. The van der Waals surface area contributed by atoms with Crippen molar-refractivity contribution in [3.8, 4) is 39.3 Å². The summed E-state index contributed by atoms with van der Waals surface area (Å²) in [5.41, 5.74) is 13.3. The lowest BCUT2D eigenvalue weighted by Crippen LogP contribution is -2.07. The normalized spacial score (nSPS) is 15.1. The van der Waals surface area contributed by atoms with Crippen molar-refractivity contribution < 1.29 is 0 Å². The van der Waals surface area contributed by atoms with E-state index in [1.165, 1.54) is 71.3 Å². The average molecular weight is 701 g/mol. The molecule has 0 radical (unpaired) electrons. The first-order valence-corrected chi connectivity index (χ1v) is 19.1. The number of hydrogen-bond acceptors (Lipinski definition) is 1. The monoisotopic (exact) mass is 700 g/mol. The van der Waals surface area contributed by atoms with Gasteiger partial charge in [0, 0.05) is 17.2 Å². The highest BCUT2D eigenvalue weighted by Gasteiger charge is 2.23. The first-order chi connectivity index (χ1) is 27.3. The van der Waals surface area contributed by atoms with Gasteiger partial charge in [0.2, 0.25) is 0 Å². The molecule has 0 N–H and O–H groups in total. The van der Waals surface area contributed by atoms with Crippen molar-refractivity contribution in [3.63, 3.8) is 0 Å². The summed E-state index contributed by atoms with van der Waals surface area (Å²) in [4.78, 5) is 5.12. The van der Waals surface area contributed by atoms with Gasteiger partial charge in [-0.1, -0.05) is 164 Å². The van der Waals surface area contributed by atoms with E-state index in [1.54, 1.807) is 0 Å². The second-order valence-corrected chi connectivity index (χ2v) is 14.7. The molecule has 2 heteroatoms. The minimum absolute atomic E-state index is 0.384. The molecule has 0 aliphatic heterocycles. The molecule has 2 aliphatic rings. The molecule has 55 heavy (non-hydrogen) atoms. The van der Waals surface area contributed by atoms with E-state index in [0.29, 0.717) is 5.92 Å². The predicted octanol–water partition coefficient (Wildman–Crippen LogP) is 13.9. The van der Waals surface area contributed by atoms with Gasteiger partial charge in [0.05, 0.1) is 11.0 Å². The summed E-state index contributed by atoms with van der Waals surface area (Å²) in [6, 6.07) is 59.6. The third-order valence-corrected chi connectivity index (χ3v) is 11.5. The number of benzene rings is 8. The smallest absolute Gasteiger partial charge is 0.145 e. The molecule has 258 valence electrons. The second kappa shape index (κ2) is 12.8. The maximum absolute atomic E-state index is 5.12. The van der Waals surface area contributed by atoms with Crippen molar-refractivity contribution in [1.82, 2.24) is 9.55 Å². The van der Waals surface area contributed by atoms with Crippen LogP contribution in [-0.2, 0) is 0 Å². The lowest BCUT2D eigenvalue weighted by atomic mass is 9.78. The van der Waals surface area contributed by atoms with Crippen LogP contribution in [0.4, 0.5) is 0 Å². The van der Waals surface area contributed by atoms with Crippen molar-refractivity contribution in [2.45, 2.75) is 6.42 Å². The fourth-order valence-corrected chi connectivity index (χ4v) is 8.88. The Kier molecular flexibility index (Phi) is 7.34. The molecule has 11 rings (SSSR count). The number of para-hydroxylation sites is 3. The molecular formula is C53H36N2. The van der Waals surface area contributed by atoms with E-state index in [0.717, 1.165) is 34.5 Å². The number of hydrogen-bond donors (Lipinski definition) is 0. The second-order valence-electron chi connectivity index (χ2n) is 14.7. The van der Waals surface area contributed by atoms with Gasteiger partial charge in [-0.05, 0) is 114 Å². The van der Waals surface area contributed by atoms with Crippen LogP contribution < -0.4 is 0 Å². The Morgan fingerprint density at radius 3 is 2.05 bits per heavy atom. The molecule has 1 heterocycles. The summed E-state index contributed by atoms with van der Waals surface area (Å²) in [5.74, 6) is 1.32. The van der Waals surface area contributed by atoms with Crippen LogP contribution in [0.15, 0.2) is 206 Å². The van der Waals surface area contributed by atoms with Crippen LogP contribution in [-0.4, -0.2) is 9.55 Å². The number of fused-ring (bicyclic) bond motifs is 5. The Bertz CT molecular complexity index is 3100. The Hall–Kier alpha value is -7.03. The summed E-state index contributed by atoms with van der Waals surface area (Å²) >= 11 is 0. The van der Waals surface area contributed by atoms with Crippen molar-refractivity contribution in [2.75, 3.05) is 0 Å². The van der Waals surface area contributed by atoms with Gasteiger partial charge in [-0.15, -0.1) is 0 Å². The minimum Gasteiger partial charge on any atom is -0.292 e. The fraction of sp³-hybridized carbons (Fsp3) is 0.0377. The molecule has 8 aromatic carbocycles. The molecule has 1 unspecified atom stereocenters. The highest BCUT2D eigenvalue weighted by molar-refractivity contribution is 6.20. The standard InChI is InChI=1S/C53H36N2/c1-2-16-44(17-3-1)55-50-21-11-10-20-49(50)54-53(55)38-26-22-37(23-27-38)41-30-31-47-48(34-41)52(43-29-25-36-13-5-7-15-40(36)33-43)46-19-9-8-18-45(46)51(47)42-28-24-35-12-4-6-14-39(35)32-42/h1-32,34,40H,33H2. The Morgan fingerprint density at radius 1 is 0.491 bits per heavy atom. The topological polar surface area (TPSA) is 17.8 Å². The van der Waals surface area contributed by atoms with Crippen LogP contribution in [0.1, 0.15) is 12.0 Å². The summed E-state index contributed by atoms with van der Waals surface area (Å²) in [5, 5.41) is 7.65. The number of nitrogens with zero attached hydrogens (tertiary/aromatic N) is 2. The Balaban J connectivity index is 1.11. The van der Waals surface area contributed by atoms with Gasteiger partial charge >= 0.3 is 0 Å². The lowest BCUT2D eigenvalue weighted by molar-refractivity contribution is 0.794. The van der Waals surface area contributed by atoms with Gasteiger partial charge in [0.15, 0.2) is 0 Å². The highest BCUT2D eigenvalue weighted by atomic mass is 15.1. The van der Waals surface area contributed by atoms with Crippen LogP contribution in [0.25, 0.3) is 88.3 Å². The quantitative estimate of drug-likeness (QED) is 0.163. The number of imidazole rings is 1. The van der Waals surface area contributed by atoms with E-state index in [-0.39, 0.29) is 0 Å². The third kappa shape index (κ3) is 5.29. The van der Waals surface area contributed by atoms with Crippen molar-refractivity contribution in [1.29, 1.82) is 0 Å². The van der Waals surface area contributed by atoms with Crippen LogP contribution in [0.3, 0.4) is 0 Å². The van der Waals surface area contributed by atoms with Gasteiger partial charge in [-0.2, -0.15) is 0 Å². The van der Waals surface area contributed by atoms with E-state index < -0.39 is 0 Å². The average Bonchev–Trinajstić information content (AvgIpc) is 3.65. The van der Waals surface area contributed by atoms with Crippen LogP contribution >= 0.6 is 0 Å². The predicted molar refractivity (Wildman–Crippen MR) is 232 cm³/mol. The molecule has 0 amide bonds. The molecule has 0 fully saturated rings. The molecular weight excluding hydrogens is 665 g/mol. The largest absolute Gasteiger partial charge is 0.292 e. The number of rotatable bonds is 5. The van der Waals surface area contributed by atoms with E-state index in [9.17, 15) is 0 Å². The third-order valence-electron chi connectivity index (χ3n) is 11.5. The molecule has 1 aromatic heterocycles. The minimum atomic E-state index is 0.384. The van der Waals surface area contributed by atoms with Gasteiger partial charge in [-0.3, -0.25) is 4.57 Å². The molecule has 2 aliphatic carbocycles. The SMILES string of the molecule is C1=CC2=CC=C(c3c4ccccc4c(-c4ccc5ccccc5c4)c4ccc(-c5ccc(-c6nc7ccccc7n6-c6ccccc6)cc5)cc34)CC2C=C1. The van der Waals surface area contributed by atoms with Crippen LogP contribution in [0.2, 0.25) is 0 Å².